The van der Waals surface area contributed by atoms with Gasteiger partial charge in [-0.15, -0.1) is 11.8 Å². The summed E-state index contributed by atoms with van der Waals surface area (Å²) in [5.74, 6) is -0.384. The topological polar surface area (TPSA) is 97.6 Å². The third-order valence-electron chi connectivity index (χ3n) is 3.45. The van der Waals surface area contributed by atoms with Crippen molar-refractivity contribution in [1.82, 2.24) is 0 Å². The fraction of sp³-hybridized carbons (Fsp3) is 0.500. The summed E-state index contributed by atoms with van der Waals surface area (Å²) >= 11 is 1.31. The number of rotatable bonds is 9. The Morgan fingerprint density at radius 1 is 1.33 bits per heavy atom. The summed E-state index contributed by atoms with van der Waals surface area (Å²) in [5.41, 5.74) is -0.693. The maximum Gasteiger partial charge on any atom is 0.332 e. The number of thioether (sulfide) groups is 1. The van der Waals surface area contributed by atoms with E-state index >= 15 is 0 Å². The SMILES string of the molecule is COCCOCCOc1cccc(C2=N[C@@](C)(C(=O)O)CS2)c1O. The number of hydrogen-bond acceptors (Lipinski definition) is 7. The fourth-order valence-corrected chi connectivity index (χ4v) is 3.20. The molecule has 2 N–H and O–H groups in total. The molecule has 8 heteroatoms. The van der Waals surface area contributed by atoms with Gasteiger partial charge in [0.15, 0.2) is 17.0 Å². The van der Waals surface area contributed by atoms with Crippen LogP contribution in [-0.4, -0.2) is 66.1 Å². The molecule has 0 amide bonds. The molecule has 7 nitrogen and oxygen atoms in total. The van der Waals surface area contributed by atoms with E-state index in [9.17, 15) is 15.0 Å². The highest BCUT2D eigenvalue weighted by Gasteiger charge is 2.39. The molecule has 1 heterocycles. The molecule has 0 spiro atoms. The molecule has 0 radical (unpaired) electrons. The van der Waals surface area contributed by atoms with Crippen molar-refractivity contribution in [2.24, 2.45) is 4.99 Å². The molecule has 0 unspecified atom stereocenters. The second kappa shape index (κ2) is 8.36. The van der Waals surface area contributed by atoms with Crippen molar-refractivity contribution in [2.45, 2.75) is 12.5 Å². The summed E-state index contributed by atoms with van der Waals surface area (Å²) in [6.07, 6.45) is 0. The van der Waals surface area contributed by atoms with Crippen molar-refractivity contribution in [3.05, 3.63) is 23.8 Å². The van der Waals surface area contributed by atoms with Crippen LogP contribution in [0.2, 0.25) is 0 Å². The molecular weight excluding hydrogens is 334 g/mol. The molecule has 132 valence electrons. The molecule has 24 heavy (non-hydrogen) atoms. The Morgan fingerprint density at radius 2 is 2.08 bits per heavy atom. The van der Waals surface area contributed by atoms with E-state index in [4.69, 9.17) is 14.2 Å². The first-order valence-electron chi connectivity index (χ1n) is 7.46. The zero-order chi connectivity index (χ0) is 17.6. The second-order valence-corrected chi connectivity index (χ2v) is 6.35. The molecule has 0 bridgehead atoms. The Kier molecular flexibility index (Phi) is 6.47. The summed E-state index contributed by atoms with van der Waals surface area (Å²) in [5, 5.41) is 20.1. The highest BCUT2D eigenvalue weighted by Crippen LogP contribution is 2.37. The van der Waals surface area contributed by atoms with E-state index in [1.54, 1.807) is 32.2 Å². The Hall–Kier alpha value is -1.77. The van der Waals surface area contributed by atoms with Crippen LogP contribution in [0.5, 0.6) is 11.5 Å². The largest absolute Gasteiger partial charge is 0.504 e. The van der Waals surface area contributed by atoms with Crippen molar-refractivity contribution < 1.29 is 29.2 Å². The van der Waals surface area contributed by atoms with E-state index in [2.05, 4.69) is 4.99 Å². The lowest BCUT2D eigenvalue weighted by Crippen LogP contribution is -2.33. The number of carboxylic acids is 1. The molecule has 1 aromatic rings. The van der Waals surface area contributed by atoms with Crippen molar-refractivity contribution in [2.75, 3.05) is 39.3 Å². The number of ether oxygens (including phenoxy) is 3. The van der Waals surface area contributed by atoms with Gasteiger partial charge in [0, 0.05) is 12.9 Å². The third-order valence-corrected chi connectivity index (χ3v) is 4.74. The number of methoxy groups -OCH3 is 1. The van der Waals surface area contributed by atoms with Crippen LogP contribution >= 0.6 is 11.8 Å². The number of carboxylic acid groups (broad SMARTS) is 1. The first kappa shape index (κ1) is 18.6. The van der Waals surface area contributed by atoms with Crippen LogP contribution in [0.25, 0.3) is 0 Å². The summed E-state index contributed by atoms with van der Waals surface area (Å²) in [6, 6.07) is 5.07. The van der Waals surface area contributed by atoms with Gasteiger partial charge in [-0.2, -0.15) is 0 Å². The molecular formula is C16H21NO6S. The molecule has 0 saturated heterocycles. The summed E-state index contributed by atoms with van der Waals surface area (Å²) in [4.78, 5) is 15.5. The normalized spacial score (nSPS) is 20.0. The lowest BCUT2D eigenvalue weighted by molar-refractivity contribution is -0.141. The Bertz CT molecular complexity index is 621. The smallest absolute Gasteiger partial charge is 0.332 e. The lowest BCUT2D eigenvalue weighted by atomic mass is 10.1. The summed E-state index contributed by atoms with van der Waals surface area (Å²) < 4.78 is 15.7. The molecule has 0 saturated carbocycles. The first-order valence-corrected chi connectivity index (χ1v) is 8.44. The average Bonchev–Trinajstić information content (AvgIpc) is 2.96. The van der Waals surface area contributed by atoms with Gasteiger partial charge in [0.25, 0.3) is 0 Å². The summed E-state index contributed by atoms with van der Waals surface area (Å²) in [7, 11) is 1.60. The lowest BCUT2D eigenvalue weighted by Gasteiger charge is -2.12. The van der Waals surface area contributed by atoms with Gasteiger partial charge in [-0.25, -0.2) is 4.79 Å². The van der Waals surface area contributed by atoms with Crippen LogP contribution < -0.4 is 4.74 Å². The Labute approximate surface area is 144 Å². The van der Waals surface area contributed by atoms with Crippen molar-refractivity contribution in [3.63, 3.8) is 0 Å². The number of phenolic OH excluding ortho intramolecular Hbond substituents is 1. The van der Waals surface area contributed by atoms with Gasteiger partial charge < -0.3 is 24.4 Å². The third kappa shape index (κ3) is 4.40. The van der Waals surface area contributed by atoms with Crippen molar-refractivity contribution >= 4 is 22.8 Å². The molecule has 1 atom stereocenters. The van der Waals surface area contributed by atoms with Crippen LogP contribution in [0.15, 0.2) is 23.2 Å². The minimum absolute atomic E-state index is 0.0460. The van der Waals surface area contributed by atoms with Crippen LogP contribution in [0.1, 0.15) is 12.5 Å². The van der Waals surface area contributed by atoms with Crippen LogP contribution in [0.3, 0.4) is 0 Å². The predicted octanol–water partition coefficient (Wildman–Crippen LogP) is 1.77. The predicted molar refractivity (Wildman–Crippen MR) is 91.3 cm³/mol. The number of hydrogen-bond donors (Lipinski definition) is 2. The fourth-order valence-electron chi connectivity index (χ4n) is 2.01. The van der Waals surface area contributed by atoms with E-state index in [0.717, 1.165) is 0 Å². The number of nitrogens with zero attached hydrogens (tertiary/aromatic N) is 1. The van der Waals surface area contributed by atoms with Gasteiger partial charge >= 0.3 is 5.97 Å². The maximum atomic E-state index is 11.3. The molecule has 1 aliphatic rings. The van der Waals surface area contributed by atoms with Gasteiger partial charge in [-0.3, -0.25) is 4.99 Å². The van der Waals surface area contributed by atoms with Gasteiger partial charge in [-0.05, 0) is 19.1 Å². The quantitative estimate of drug-likeness (QED) is 0.652. The van der Waals surface area contributed by atoms with Gasteiger partial charge in [0.2, 0.25) is 0 Å². The summed E-state index contributed by atoms with van der Waals surface area (Å²) in [6.45, 7) is 3.21. The Morgan fingerprint density at radius 3 is 2.75 bits per heavy atom. The number of carbonyl (C=O) groups is 1. The Balaban J connectivity index is 2.02. The molecule has 1 aliphatic heterocycles. The number of aliphatic imine (C=N–C) groups is 1. The van der Waals surface area contributed by atoms with E-state index in [0.29, 0.717) is 41.9 Å². The zero-order valence-corrected chi connectivity index (χ0v) is 14.5. The minimum atomic E-state index is -1.17. The molecule has 2 rings (SSSR count). The zero-order valence-electron chi connectivity index (χ0n) is 13.7. The number of benzene rings is 1. The average molecular weight is 355 g/mol. The highest BCUT2D eigenvalue weighted by atomic mass is 32.2. The molecule has 0 fully saturated rings. The van der Waals surface area contributed by atoms with Crippen molar-refractivity contribution in [1.29, 1.82) is 0 Å². The number of para-hydroxylation sites is 1. The minimum Gasteiger partial charge on any atom is -0.504 e. The number of aliphatic carboxylic acids is 1. The van der Waals surface area contributed by atoms with Crippen LogP contribution in [0.4, 0.5) is 0 Å². The first-order chi connectivity index (χ1) is 11.5. The van der Waals surface area contributed by atoms with Gasteiger partial charge in [0.05, 0.1) is 25.4 Å². The van der Waals surface area contributed by atoms with Gasteiger partial charge in [0.1, 0.15) is 11.7 Å². The number of phenols is 1. The van der Waals surface area contributed by atoms with E-state index in [-0.39, 0.29) is 12.4 Å². The van der Waals surface area contributed by atoms with E-state index < -0.39 is 11.5 Å². The van der Waals surface area contributed by atoms with Crippen LogP contribution in [-0.2, 0) is 14.3 Å². The standard InChI is InChI=1S/C16H21NO6S/c1-16(15(19)20)10-24-14(17-16)11-4-3-5-12(13(11)18)23-9-8-22-7-6-21-2/h3-5,18H,6-10H2,1-2H3,(H,19,20)/t16-/m1/s1. The van der Waals surface area contributed by atoms with Crippen molar-refractivity contribution in [3.8, 4) is 11.5 Å². The maximum absolute atomic E-state index is 11.3. The van der Waals surface area contributed by atoms with Crippen LogP contribution in [0, 0.1) is 0 Å². The molecule has 0 aliphatic carbocycles. The monoisotopic (exact) mass is 355 g/mol. The number of aromatic hydroxyl groups is 1. The molecule has 1 aromatic carbocycles. The van der Waals surface area contributed by atoms with Gasteiger partial charge in [-0.1, -0.05) is 6.07 Å². The van der Waals surface area contributed by atoms with E-state index in [1.165, 1.54) is 11.8 Å². The second-order valence-electron chi connectivity index (χ2n) is 5.39. The van der Waals surface area contributed by atoms with E-state index in [1.807, 2.05) is 0 Å². The molecule has 0 aromatic heterocycles. The highest BCUT2D eigenvalue weighted by molar-refractivity contribution is 8.14.